The van der Waals surface area contributed by atoms with Crippen molar-refractivity contribution >= 4 is 11.8 Å². The SMILES string of the molecule is CC(C)CNC(=O)C(C)N(Cc1ccc(F)cc1)C(=O)COc1ccccc1C(C)C. The summed E-state index contributed by atoms with van der Waals surface area (Å²) in [6.07, 6.45) is 0. The Bertz CT molecular complexity index is 865. The van der Waals surface area contributed by atoms with E-state index in [1.807, 2.05) is 38.1 Å². The molecule has 0 saturated heterocycles. The van der Waals surface area contributed by atoms with E-state index in [2.05, 4.69) is 19.2 Å². The third kappa shape index (κ3) is 7.39. The zero-order chi connectivity index (χ0) is 23.0. The molecule has 0 radical (unpaired) electrons. The van der Waals surface area contributed by atoms with Gasteiger partial charge in [-0.15, -0.1) is 0 Å². The van der Waals surface area contributed by atoms with Crippen LogP contribution < -0.4 is 10.1 Å². The predicted molar refractivity (Wildman–Crippen MR) is 120 cm³/mol. The van der Waals surface area contributed by atoms with Crippen molar-refractivity contribution in [2.75, 3.05) is 13.2 Å². The van der Waals surface area contributed by atoms with Crippen LogP contribution in [0.4, 0.5) is 4.39 Å². The Kier molecular flexibility index (Phi) is 9.03. The predicted octanol–water partition coefficient (Wildman–Crippen LogP) is 4.52. The third-order valence-corrected chi connectivity index (χ3v) is 5.01. The Morgan fingerprint density at radius 1 is 1.00 bits per heavy atom. The monoisotopic (exact) mass is 428 g/mol. The van der Waals surface area contributed by atoms with Crippen LogP contribution in [0.5, 0.6) is 5.75 Å². The first-order valence-electron chi connectivity index (χ1n) is 10.7. The van der Waals surface area contributed by atoms with Gasteiger partial charge in [0, 0.05) is 13.1 Å². The zero-order valence-electron chi connectivity index (χ0n) is 19.0. The lowest BCUT2D eigenvalue weighted by Crippen LogP contribution is -2.49. The zero-order valence-corrected chi connectivity index (χ0v) is 19.0. The second kappa shape index (κ2) is 11.5. The van der Waals surface area contributed by atoms with E-state index in [0.717, 1.165) is 11.1 Å². The van der Waals surface area contributed by atoms with Gasteiger partial charge in [0.15, 0.2) is 6.61 Å². The largest absolute Gasteiger partial charge is 0.483 e. The molecule has 6 heteroatoms. The molecule has 0 aliphatic carbocycles. The quantitative estimate of drug-likeness (QED) is 0.605. The highest BCUT2D eigenvalue weighted by molar-refractivity contribution is 5.88. The van der Waals surface area contributed by atoms with Crippen molar-refractivity contribution in [1.82, 2.24) is 10.2 Å². The average molecular weight is 429 g/mol. The van der Waals surface area contributed by atoms with E-state index in [-0.39, 0.29) is 36.7 Å². The van der Waals surface area contributed by atoms with Crippen LogP contribution in [-0.2, 0) is 16.1 Å². The summed E-state index contributed by atoms with van der Waals surface area (Å²) < 4.78 is 19.1. The molecule has 2 amide bonds. The molecule has 5 nitrogen and oxygen atoms in total. The minimum Gasteiger partial charge on any atom is -0.483 e. The van der Waals surface area contributed by atoms with Crippen molar-refractivity contribution in [3.8, 4) is 5.75 Å². The smallest absolute Gasteiger partial charge is 0.261 e. The summed E-state index contributed by atoms with van der Waals surface area (Å²) in [6.45, 7) is 10.4. The molecule has 2 aromatic carbocycles. The maximum Gasteiger partial charge on any atom is 0.261 e. The number of para-hydroxylation sites is 1. The fourth-order valence-electron chi connectivity index (χ4n) is 3.13. The molecule has 2 aromatic rings. The number of nitrogens with zero attached hydrogens (tertiary/aromatic N) is 1. The van der Waals surface area contributed by atoms with E-state index in [0.29, 0.717) is 18.2 Å². The standard InChI is InChI=1S/C25H33FN2O3/c1-17(2)14-27-25(30)19(5)28(15-20-10-12-21(26)13-11-20)24(29)16-31-23-9-7-6-8-22(23)18(3)4/h6-13,17-19H,14-16H2,1-5H3,(H,27,30). The van der Waals surface area contributed by atoms with Crippen LogP contribution in [0.2, 0.25) is 0 Å². The minimum atomic E-state index is -0.694. The van der Waals surface area contributed by atoms with E-state index in [9.17, 15) is 14.0 Å². The summed E-state index contributed by atoms with van der Waals surface area (Å²) in [4.78, 5) is 27.2. The maximum atomic E-state index is 13.3. The number of carbonyl (C=O) groups is 2. The highest BCUT2D eigenvalue weighted by Crippen LogP contribution is 2.26. The molecule has 0 spiro atoms. The number of nitrogens with one attached hydrogen (secondary N) is 1. The lowest BCUT2D eigenvalue weighted by Gasteiger charge is -2.29. The number of rotatable bonds is 10. The fraction of sp³-hybridized carbons (Fsp3) is 0.440. The molecular weight excluding hydrogens is 395 g/mol. The van der Waals surface area contributed by atoms with Gasteiger partial charge in [0.05, 0.1) is 0 Å². The van der Waals surface area contributed by atoms with Crippen LogP contribution in [0, 0.1) is 11.7 Å². The summed E-state index contributed by atoms with van der Waals surface area (Å²) in [5.74, 6) is 0.319. The number of ether oxygens (including phenoxy) is 1. The van der Waals surface area contributed by atoms with E-state index >= 15 is 0 Å². The fourth-order valence-corrected chi connectivity index (χ4v) is 3.13. The molecule has 168 valence electrons. The van der Waals surface area contributed by atoms with Crippen molar-refractivity contribution in [3.05, 3.63) is 65.5 Å². The number of benzene rings is 2. The van der Waals surface area contributed by atoms with Crippen molar-refractivity contribution in [2.45, 2.75) is 53.1 Å². The molecule has 0 bridgehead atoms. The molecule has 0 heterocycles. The Balaban J connectivity index is 2.17. The van der Waals surface area contributed by atoms with Crippen LogP contribution in [-0.4, -0.2) is 35.9 Å². The summed E-state index contributed by atoms with van der Waals surface area (Å²) in [5, 5.41) is 2.88. The van der Waals surface area contributed by atoms with Gasteiger partial charge in [-0.05, 0) is 48.1 Å². The summed E-state index contributed by atoms with van der Waals surface area (Å²) in [5.41, 5.74) is 1.75. The topological polar surface area (TPSA) is 58.6 Å². The molecule has 0 saturated carbocycles. The van der Waals surface area contributed by atoms with Crippen LogP contribution in [0.25, 0.3) is 0 Å². The van der Waals surface area contributed by atoms with Gasteiger partial charge in [-0.25, -0.2) is 4.39 Å². The third-order valence-electron chi connectivity index (χ3n) is 5.01. The molecule has 0 aromatic heterocycles. The molecular formula is C25H33FN2O3. The van der Waals surface area contributed by atoms with E-state index in [1.165, 1.54) is 17.0 Å². The molecule has 0 fully saturated rings. The van der Waals surface area contributed by atoms with Crippen LogP contribution >= 0.6 is 0 Å². The highest BCUT2D eigenvalue weighted by Gasteiger charge is 2.26. The van der Waals surface area contributed by atoms with Gasteiger partial charge in [-0.1, -0.05) is 58.0 Å². The number of hydrogen-bond acceptors (Lipinski definition) is 3. The minimum absolute atomic E-state index is 0.185. The Labute approximate surface area is 184 Å². The van der Waals surface area contributed by atoms with Gasteiger partial charge < -0.3 is 15.0 Å². The van der Waals surface area contributed by atoms with E-state index < -0.39 is 6.04 Å². The van der Waals surface area contributed by atoms with Gasteiger partial charge >= 0.3 is 0 Å². The Morgan fingerprint density at radius 2 is 1.65 bits per heavy atom. The van der Waals surface area contributed by atoms with Crippen molar-refractivity contribution in [2.24, 2.45) is 5.92 Å². The Hall–Kier alpha value is -2.89. The van der Waals surface area contributed by atoms with Gasteiger partial charge in [0.2, 0.25) is 5.91 Å². The number of carbonyl (C=O) groups excluding carboxylic acids is 2. The molecule has 2 rings (SSSR count). The lowest BCUT2D eigenvalue weighted by atomic mass is 10.0. The van der Waals surface area contributed by atoms with Crippen molar-refractivity contribution in [3.63, 3.8) is 0 Å². The summed E-state index contributed by atoms with van der Waals surface area (Å²) in [6, 6.07) is 12.8. The average Bonchev–Trinajstić information content (AvgIpc) is 2.75. The molecule has 1 unspecified atom stereocenters. The number of halogens is 1. The van der Waals surface area contributed by atoms with Crippen molar-refractivity contribution in [1.29, 1.82) is 0 Å². The molecule has 1 N–H and O–H groups in total. The first-order chi connectivity index (χ1) is 14.7. The number of amides is 2. The maximum absolute atomic E-state index is 13.3. The molecule has 1 atom stereocenters. The van der Waals surface area contributed by atoms with Crippen LogP contribution in [0.1, 0.15) is 51.7 Å². The summed E-state index contributed by atoms with van der Waals surface area (Å²) >= 11 is 0. The first kappa shape index (κ1) is 24.4. The summed E-state index contributed by atoms with van der Waals surface area (Å²) in [7, 11) is 0. The highest BCUT2D eigenvalue weighted by atomic mass is 19.1. The molecule has 0 aliphatic heterocycles. The van der Waals surface area contributed by atoms with Crippen LogP contribution in [0.15, 0.2) is 48.5 Å². The second-order valence-corrected chi connectivity index (χ2v) is 8.44. The molecule has 31 heavy (non-hydrogen) atoms. The van der Waals surface area contributed by atoms with Gasteiger partial charge in [-0.2, -0.15) is 0 Å². The second-order valence-electron chi connectivity index (χ2n) is 8.44. The lowest BCUT2D eigenvalue weighted by molar-refractivity contribution is -0.142. The molecule has 0 aliphatic rings. The van der Waals surface area contributed by atoms with Gasteiger partial charge in [0.1, 0.15) is 17.6 Å². The van der Waals surface area contributed by atoms with Crippen molar-refractivity contribution < 1.29 is 18.7 Å². The van der Waals surface area contributed by atoms with E-state index in [1.54, 1.807) is 19.1 Å². The van der Waals surface area contributed by atoms with Crippen LogP contribution in [0.3, 0.4) is 0 Å². The normalized spacial score (nSPS) is 12.0. The first-order valence-corrected chi connectivity index (χ1v) is 10.7. The Morgan fingerprint density at radius 3 is 2.26 bits per heavy atom. The van der Waals surface area contributed by atoms with Gasteiger partial charge in [-0.3, -0.25) is 9.59 Å². The van der Waals surface area contributed by atoms with Gasteiger partial charge in [0.25, 0.3) is 5.91 Å². The van der Waals surface area contributed by atoms with E-state index in [4.69, 9.17) is 4.74 Å². The number of hydrogen-bond donors (Lipinski definition) is 1.